The number of nitriles is 1. The molecule has 0 heterocycles. The summed E-state index contributed by atoms with van der Waals surface area (Å²) in [6.45, 7) is 1.57. The van der Waals surface area contributed by atoms with Crippen molar-refractivity contribution in [2.24, 2.45) is 0 Å². The highest BCUT2D eigenvalue weighted by Crippen LogP contribution is 2.12. The Morgan fingerprint density at radius 2 is 1.93 bits per heavy atom. The van der Waals surface area contributed by atoms with Crippen molar-refractivity contribution in [1.29, 1.82) is 5.26 Å². The molecule has 1 aromatic rings. The van der Waals surface area contributed by atoms with E-state index in [0.29, 0.717) is 0 Å². The number of hydrogen-bond acceptors (Lipinski definition) is 3. The summed E-state index contributed by atoms with van der Waals surface area (Å²) in [7, 11) is -3.20. The maximum Gasteiger partial charge on any atom is 0.158 e. The molecule has 4 heteroatoms. The summed E-state index contributed by atoms with van der Waals surface area (Å²) in [6.07, 6.45) is 0.0508. The van der Waals surface area contributed by atoms with Gasteiger partial charge in [0, 0.05) is 0 Å². The maximum atomic E-state index is 11.7. The lowest BCUT2D eigenvalue weighted by Crippen LogP contribution is -2.19. The summed E-state index contributed by atoms with van der Waals surface area (Å²) >= 11 is 0. The van der Waals surface area contributed by atoms with Crippen molar-refractivity contribution >= 4 is 9.84 Å². The fourth-order valence-electron chi connectivity index (χ4n) is 1.20. The van der Waals surface area contributed by atoms with E-state index in [1.807, 2.05) is 12.1 Å². The number of hydrogen-bond donors (Lipinski definition) is 0. The average Bonchev–Trinajstić information content (AvgIpc) is 2.19. The van der Waals surface area contributed by atoms with Gasteiger partial charge < -0.3 is 0 Å². The van der Waals surface area contributed by atoms with Crippen LogP contribution in [-0.2, 0) is 15.6 Å². The molecule has 0 saturated carbocycles. The molecule has 0 spiro atoms. The van der Waals surface area contributed by atoms with Crippen LogP contribution in [0.25, 0.3) is 0 Å². The predicted octanol–water partition coefficient (Wildman–Crippen LogP) is 1.90. The van der Waals surface area contributed by atoms with Crippen molar-refractivity contribution in [1.82, 2.24) is 0 Å². The minimum atomic E-state index is -3.20. The van der Waals surface area contributed by atoms with Crippen LogP contribution in [0.3, 0.4) is 0 Å². The van der Waals surface area contributed by atoms with E-state index in [1.54, 1.807) is 31.2 Å². The zero-order valence-corrected chi connectivity index (χ0v) is 9.37. The minimum Gasteiger partial charge on any atom is -0.228 e. The lowest BCUT2D eigenvalue weighted by molar-refractivity contribution is 0.583. The normalized spacial score (nSPS) is 13.1. The zero-order valence-electron chi connectivity index (χ0n) is 8.55. The van der Waals surface area contributed by atoms with Gasteiger partial charge in [0.05, 0.1) is 23.5 Å². The van der Waals surface area contributed by atoms with Crippen LogP contribution in [0, 0.1) is 11.3 Å². The molecule has 0 aliphatic heterocycles. The molecule has 0 aromatic heterocycles. The fraction of sp³-hybridized carbons (Fsp3) is 0.364. The Kier molecular flexibility index (Phi) is 3.87. The van der Waals surface area contributed by atoms with Crippen LogP contribution in [0.15, 0.2) is 30.3 Å². The van der Waals surface area contributed by atoms with Gasteiger partial charge in [-0.2, -0.15) is 5.26 Å². The van der Waals surface area contributed by atoms with Crippen molar-refractivity contribution in [2.45, 2.75) is 24.3 Å². The van der Waals surface area contributed by atoms with Gasteiger partial charge in [0.15, 0.2) is 9.84 Å². The molecule has 0 fully saturated rings. The van der Waals surface area contributed by atoms with Gasteiger partial charge >= 0.3 is 0 Å². The Labute approximate surface area is 90.3 Å². The molecule has 0 amide bonds. The highest BCUT2D eigenvalue weighted by atomic mass is 32.2. The third-order valence-corrected chi connectivity index (χ3v) is 4.33. The Bertz CT molecular complexity index is 445. The number of benzene rings is 1. The first-order chi connectivity index (χ1) is 7.06. The molecular formula is C11H13NO2S. The van der Waals surface area contributed by atoms with Crippen LogP contribution < -0.4 is 0 Å². The second-order valence-corrected chi connectivity index (χ2v) is 5.88. The van der Waals surface area contributed by atoms with Gasteiger partial charge in [-0.3, -0.25) is 0 Å². The van der Waals surface area contributed by atoms with Crippen molar-refractivity contribution < 1.29 is 8.42 Å². The molecule has 0 saturated heterocycles. The number of rotatable bonds is 4. The highest BCUT2D eigenvalue weighted by molar-refractivity contribution is 7.91. The van der Waals surface area contributed by atoms with Crippen molar-refractivity contribution in [2.75, 3.05) is 0 Å². The largest absolute Gasteiger partial charge is 0.228 e. The van der Waals surface area contributed by atoms with E-state index < -0.39 is 15.1 Å². The van der Waals surface area contributed by atoms with E-state index in [-0.39, 0.29) is 12.2 Å². The van der Waals surface area contributed by atoms with E-state index >= 15 is 0 Å². The first-order valence-electron chi connectivity index (χ1n) is 4.68. The molecule has 1 atom stereocenters. The summed E-state index contributed by atoms with van der Waals surface area (Å²) in [6, 6.07) is 10.9. The fourth-order valence-corrected chi connectivity index (χ4v) is 2.47. The Balaban J connectivity index is 2.78. The second-order valence-electron chi connectivity index (χ2n) is 3.47. The van der Waals surface area contributed by atoms with E-state index in [0.717, 1.165) is 5.56 Å². The molecule has 1 aromatic carbocycles. The molecule has 0 radical (unpaired) electrons. The second kappa shape index (κ2) is 4.94. The molecule has 0 aliphatic carbocycles. The van der Waals surface area contributed by atoms with Gasteiger partial charge in [0.25, 0.3) is 0 Å². The molecule has 3 nitrogen and oxygen atoms in total. The van der Waals surface area contributed by atoms with Crippen LogP contribution in [0.5, 0.6) is 0 Å². The quantitative estimate of drug-likeness (QED) is 0.783. The molecule has 1 unspecified atom stereocenters. The van der Waals surface area contributed by atoms with E-state index in [1.165, 1.54) is 0 Å². The van der Waals surface area contributed by atoms with Crippen molar-refractivity contribution in [3.63, 3.8) is 0 Å². The Morgan fingerprint density at radius 3 is 2.47 bits per heavy atom. The molecule has 0 N–H and O–H groups in total. The topological polar surface area (TPSA) is 57.9 Å². The van der Waals surface area contributed by atoms with Crippen LogP contribution in [0.1, 0.15) is 18.9 Å². The molecule has 0 bridgehead atoms. The summed E-state index contributed by atoms with van der Waals surface area (Å²) in [5, 5.41) is 7.86. The molecular weight excluding hydrogens is 210 g/mol. The molecule has 0 aliphatic rings. The monoisotopic (exact) mass is 223 g/mol. The third-order valence-electron chi connectivity index (χ3n) is 2.20. The van der Waals surface area contributed by atoms with Crippen molar-refractivity contribution in [3.8, 4) is 6.07 Å². The SMILES string of the molecule is CC(CC#N)S(=O)(=O)Cc1ccccc1. The minimum absolute atomic E-state index is 0.0106. The maximum absolute atomic E-state index is 11.7. The van der Waals surface area contributed by atoms with Crippen molar-refractivity contribution in [3.05, 3.63) is 35.9 Å². The van der Waals surface area contributed by atoms with Crippen LogP contribution >= 0.6 is 0 Å². The standard InChI is InChI=1S/C11H13NO2S/c1-10(7-8-12)15(13,14)9-11-5-3-2-4-6-11/h2-6,10H,7,9H2,1H3. The Hall–Kier alpha value is -1.34. The van der Waals surface area contributed by atoms with Gasteiger partial charge in [-0.15, -0.1) is 0 Å². The molecule has 80 valence electrons. The number of nitrogens with zero attached hydrogens (tertiary/aromatic N) is 1. The lowest BCUT2D eigenvalue weighted by Gasteiger charge is -2.09. The van der Waals surface area contributed by atoms with Gasteiger partial charge in [-0.25, -0.2) is 8.42 Å². The van der Waals surface area contributed by atoms with Crippen LogP contribution in [0.4, 0.5) is 0 Å². The molecule has 1 rings (SSSR count). The third kappa shape index (κ3) is 3.37. The smallest absolute Gasteiger partial charge is 0.158 e. The highest BCUT2D eigenvalue weighted by Gasteiger charge is 2.20. The summed E-state index contributed by atoms with van der Waals surface area (Å²) in [5.74, 6) is 0.0106. The predicted molar refractivity (Wildman–Crippen MR) is 58.8 cm³/mol. The van der Waals surface area contributed by atoms with Gasteiger partial charge in [0.2, 0.25) is 0 Å². The summed E-state index contributed by atoms with van der Waals surface area (Å²) < 4.78 is 23.5. The average molecular weight is 223 g/mol. The van der Waals surface area contributed by atoms with Gasteiger partial charge in [0.1, 0.15) is 0 Å². The zero-order chi connectivity index (χ0) is 11.3. The first kappa shape index (κ1) is 11.7. The molecule has 15 heavy (non-hydrogen) atoms. The van der Waals surface area contributed by atoms with Crippen LogP contribution in [-0.4, -0.2) is 13.7 Å². The van der Waals surface area contributed by atoms with E-state index in [4.69, 9.17) is 5.26 Å². The van der Waals surface area contributed by atoms with E-state index in [2.05, 4.69) is 0 Å². The summed E-state index contributed by atoms with van der Waals surface area (Å²) in [5.41, 5.74) is 0.766. The number of sulfone groups is 1. The first-order valence-corrected chi connectivity index (χ1v) is 6.40. The van der Waals surface area contributed by atoms with Gasteiger partial charge in [-0.1, -0.05) is 30.3 Å². The van der Waals surface area contributed by atoms with E-state index in [9.17, 15) is 8.42 Å². The Morgan fingerprint density at radius 1 is 1.33 bits per heavy atom. The summed E-state index contributed by atoms with van der Waals surface area (Å²) in [4.78, 5) is 0. The van der Waals surface area contributed by atoms with Crippen LogP contribution in [0.2, 0.25) is 0 Å². The lowest BCUT2D eigenvalue weighted by atomic mass is 10.2. The van der Waals surface area contributed by atoms with Gasteiger partial charge in [-0.05, 0) is 12.5 Å².